The van der Waals surface area contributed by atoms with Crippen LogP contribution < -0.4 is 5.73 Å². The van der Waals surface area contributed by atoms with Crippen molar-refractivity contribution in [3.05, 3.63) is 29.6 Å². The van der Waals surface area contributed by atoms with Gasteiger partial charge in [0.25, 0.3) is 0 Å². The van der Waals surface area contributed by atoms with Gasteiger partial charge >= 0.3 is 0 Å². The summed E-state index contributed by atoms with van der Waals surface area (Å²) in [5, 5.41) is 7.25. The van der Waals surface area contributed by atoms with Crippen LogP contribution in [0.3, 0.4) is 0 Å². The van der Waals surface area contributed by atoms with Gasteiger partial charge in [-0.15, -0.1) is 0 Å². The second-order valence-electron chi connectivity index (χ2n) is 4.39. The summed E-state index contributed by atoms with van der Waals surface area (Å²) in [5.41, 5.74) is 8.68. The van der Waals surface area contributed by atoms with Crippen molar-refractivity contribution in [1.82, 2.24) is 15.2 Å². The van der Waals surface area contributed by atoms with Crippen LogP contribution in [0.2, 0.25) is 0 Å². The molecule has 0 unspecified atom stereocenters. The molecule has 0 saturated heterocycles. The van der Waals surface area contributed by atoms with Crippen LogP contribution in [0.5, 0.6) is 0 Å². The summed E-state index contributed by atoms with van der Waals surface area (Å²) in [6.07, 6.45) is 2.46. The van der Waals surface area contributed by atoms with Crippen LogP contribution in [-0.2, 0) is 0 Å². The highest BCUT2D eigenvalue weighted by molar-refractivity contribution is 5.61. The topological polar surface area (TPSA) is 67.6 Å². The van der Waals surface area contributed by atoms with Crippen molar-refractivity contribution >= 4 is 5.69 Å². The zero-order valence-electron chi connectivity index (χ0n) is 9.20. The third-order valence-corrected chi connectivity index (χ3v) is 2.99. The number of aromatic amines is 1. The molecule has 1 aliphatic carbocycles. The molecular weight excluding hydrogens is 200 g/mol. The summed E-state index contributed by atoms with van der Waals surface area (Å²) in [5.74, 6) is 2.39. The molecule has 0 aliphatic heterocycles. The highest BCUT2D eigenvalue weighted by Gasteiger charge is 2.27. The fourth-order valence-electron chi connectivity index (χ4n) is 1.76. The number of rotatable bonds is 2. The van der Waals surface area contributed by atoms with Gasteiger partial charge in [-0.05, 0) is 43.5 Å². The zero-order chi connectivity index (χ0) is 11.1. The number of nitrogens with zero attached hydrogens (tertiary/aromatic N) is 2. The maximum atomic E-state index is 5.78. The van der Waals surface area contributed by atoms with E-state index in [0.717, 1.165) is 28.5 Å². The molecule has 3 N–H and O–H groups in total. The lowest BCUT2D eigenvalue weighted by atomic mass is 10.1. The smallest absolute Gasteiger partial charge is 0.181 e. The number of H-pyrrole nitrogens is 1. The summed E-state index contributed by atoms with van der Waals surface area (Å²) >= 11 is 0. The first kappa shape index (κ1) is 9.39. The van der Waals surface area contributed by atoms with Crippen LogP contribution in [0.1, 0.15) is 30.1 Å². The lowest BCUT2D eigenvalue weighted by molar-refractivity contribution is 0.935. The summed E-state index contributed by atoms with van der Waals surface area (Å²) in [6.45, 7) is 1.99. The lowest BCUT2D eigenvalue weighted by Crippen LogP contribution is -1.90. The molecule has 1 heterocycles. The first-order valence-electron chi connectivity index (χ1n) is 5.53. The minimum atomic E-state index is 0.608. The fourth-order valence-corrected chi connectivity index (χ4v) is 1.76. The van der Waals surface area contributed by atoms with E-state index in [1.54, 1.807) is 0 Å². The predicted molar refractivity (Wildman–Crippen MR) is 62.9 cm³/mol. The maximum Gasteiger partial charge on any atom is 0.181 e. The molecule has 0 amide bonds. The van der Waals surface area contributed by atoms with Crippen molar-refractivity contribution in [1.29, 1.82) is 0 Å². The van der Waals surface area contributed by atoms with E-state index < -0.39 is 0 Å². The normalized spacial score (nSPS) is 15.3. The van der Waals surface area contributed by atoms with Crippen molar-refractivity contribution in [3.63, 3.8) is 0 Å². The number of benzene rings is 1. The number of nitrogen functional groups attached to an aromatic ring is 1. The fraction of sp³-hybridized carbons (Fsp3) is 0.333. The second kappa shape index (κ2) is 3.33. The molecule has 0 radical (unpaired) electrons. The van der Waals surface area contributed by atoms with Crippen LogP contribution in [-0.4, -0.2) is 15.2 Å². The Morgan fingerprint density at radius 1 is 1.38 bits per heavy atom. The van der Waals surface area contributed by atoms with Gasteiger partial charge in [0.1, 0.15) is 5.82 Å². The number of hydrogen-bond donors (Lipinski definition) is 2. The van der Waals surface area contributed by atoms with Crippen LogP contribution in [0.4, 0.5) is 5.69 Å². The van der Waals surface area contributed by atoms with Gasteiger partial charge in [0.05, 0.1) is 0 Å². The minimum Gasteiger partial charge on any atom is -0.399 e. The van der Waals surface area contributed by atoms with E-state index in [1.165, 1.54) is 12.8 Å². The first-order chi connectivity index (χ1) is 7.74. The molecular formula is C12H14N4. The molecule has 1 aromatic carbocycles. The largest absolute Gasteiger partial charge is 0.399 e. The monoisotopic (exact) mass is 214 g/mol. The molecule has 2 aromatic rings. The molecule has 4 heteroatoms. The molecule has 1 fully saturated rings. The SMILES string of the molecule is Cc1cc(-c2n[nH]c(C3CC3)n2)ccc1N. The Labute approximate surface area is 93.9 Å². The van der Waals surface area contributed by atoms with Crippen molar-refractivity contribution in [2.24, 2.45) is 0 Å². The predicted octanol–water partition coefficient (Wildman–Crippen LogP) is 2.24. The van der Waals surface area contributed by atoms with Crippen LogP contribution in [0, 0.1) is 6.92 Å². The van der Waals surface area contributed by atoms with Crippen molar-refractivity contribution in [2.45, 2.75) is 25.7 Å². The third-order valence-electron chi connectivity index (χ3n) is 2.99. The third kappa shape index (κ3) is 1.56. The molecule has 0 atom stereocenters. The Kier molecular flexibility index (Phi) is 1.96. The van der Waals surface area contributed by atoms with Crippen molar-refractivity contribution in [2.75, 3.05) is 5.73 Å². The molecule has 4 nitrogen and oxygen atoms in total. The quantitative estimate of drug-likeness (QED) is 0.753. The van der Waals surface area contributed by atoms with Gasteiger partial charge in [0.2, 0.25) is 0 Å². The number of aromatic nitrogens is 3. The van der Waals surface area contributed by atoms with Gasteiger partial charge in [-0.2, -0.15) is 5.10 Å². The number of anilines is 1. The second-order valence-corrected chi connectivity index (χ2v) is 4.39. The summed E-state index contributed by atoms with van der Waals surface area (Å²) in [7, 11) is 0. The minimum absolute atomic E-state index is 0.608. The van der Waals surface area contributed by atoms with E-state index in [0.29, 0.717) is 5.92 Å². The molecule has 3 rings (SSSR count). The average Bonchev–Trinajstić information content (AvgIpc) is 3.01. The Morgan fingerprint density at radius 3 is 2.88 bits per heavy atom. The molecule has 16 heavy (non-hydrogen) atoms. The number of nitrogens with one attached hydrogen (secondary N) is 1. The molecule has 82 valence electrons. The van der Waals surface area contributed by atoms with Crippen LogP contribution in [0.25, 0.3) is 11.4 Å². The lowest BCUT2D eigenvalue weighted by Gasteiger charge is -2.01. The highest BCUT2D eigenvalue weighted by atomic mass is 15.2. The average molecular weight is 214 g/mol. The van der Waals surface area contributed by atoms with Crippen molar-refractivity contribution in [3.8, 4) is 11.4 Å². The molecule has 1 aliphatic rings. The van der Waals surface area contributed by atoms with Gasteiger partial charge in [-0.25, -0.2) is 4.98 Å². The van der Waals surface area contributed by atoms with Gasteiger partial charge in [0.15, 0.2) is 5.82 Å². The van der Waals surface area contributed by atoms with Crippen LogP contribution >= 0.6 is 0 Å². The van der Waals surface area contributed by atoms with Crippen LogP contribution in [0.15, 0.2) is 18.2 Å². The summed E-state index contributed by atoms with van der Waals surface area (Å²) in [4.78, 5) is 4.51. The summed E-state index contributed by atoms with van der Waals surface area (Å²) < 4.78 is 0. The Morgan fingerprint density at radius 2 is 2.19 bits per heavy atom. The van der Waals surface area contributed by atoms with E-state index in [1.807, 2.05) is 25.1 Å². The number of aryl methyl sites for hydroxylation is 1. The first-order valence-corrected chi connectivity index (χ1v) is 5.53. The summed E-state index contributed by atoms with van der Waals surface area (Å²) in [6, 6.07) is 5.88. The molecule has 1 aromatic heterocycles. The van der Waals surface area contributed by atoms with Gasteiger partial charge < -0.3 is 5.73 Å². The molecule has 1 saturated carbocycles. The zero-order valence-corrected chi connectivity index (χ0v) is 9.20. The molecule has 0 bridgehead atoms. The number of nitrogens with two attached hydrogens (primary N) is 1. The van der Waals surface area contributed by atoms with Gasteiger partial charge in [-0.3, -0.25) is 5.10 Å². The van der Waals surface area contributed by atoms with Crippen molar-refractivity contribution < 1.29 is 0 Å². The maximum absolute atomic E-state index is 5.78. The molecule has 0 spiro atoms. The standard InChI is InChI=1S/C12H14N4/c1-7-6-9(4-5-10(7)13)12-14-11(15-16-12)8-2-3-8/h4-6,8H,2-3,13H2,1H3,(H,14,15,16). The highest BCUT2D eigenvalue weighted by Crippen LogP contribution is 2.38. The Balaban J connectivity index is 1.97. The van der Waals surface area contributed by atoms with E-state index in [9.17, 15) is 0 Å². The van der Waals surface area contributed by atoms with Gasteiger partial charge in [-0.1, -0.05) is 0 Å². The van der Waals surface area contributed by atoms with Gasteiger partial charge in [0, 0.05) is 17.2 Å². The van der Waals surface area contributed by atoms with E-state index >= 15 is 0 Å². The Hall–Kier alpha value is -1.84. The Bertz CT molecular complexity index is 526. The van der Waals surface area contributed by atoms with E-state index in [-0.39, 0.29) is 0 Å². The number of hydrogen-bond acceptors (Lipinski definition) is 3. The van der Waals surface area contributed by atoms with E-state index in [2.05, 4.69) is 15.2 Å². The van der Waals surface area contributed by atoms with E-state index in [4.69, 9.17) is 5.73 Å².